The molecule has 7 nitrogen and oxygen atoms in total. The molecule has 0 aliphatic rings. The van der Waals surface area contributed by atoms with Crippen LogP contribution in [0, 0.1) is 0 Å². The van der Waals surface area contributed by atoms with Gasteiger partial charge in [0.15, 0.2) is 0 Å². The summed E-state index contributed by atoms with van der Waals surface area (Å²) < 4.78 is 0. The highest BCUT2D eigenvalue weighted by Gasteiger charge is 2.18. The van der Waals surface area contributed by atoms with E-state index in [-0.39, 0.29) is 18.5 Å². The van der Waals surface area contributed by atoms with Gasteiger partial charge >= 0.3 is 5.97 Å². The molecule has 0 unspecified atom stereocenters. The van der Waals surface area contributed by atoms with Crippen molar-refractivity contribution in [2.45, 2.75) is 33.1 Å². The molecule has 0 bridgehead atoms. The molecule has 0 aromatic carbocycles. The van der Waals surface area contributed by atoms with Crippen molar-refractivity contribution in [3.63, 3.8) is 0 Å². The van der Waals surface area contributed by atoms with Gasteiger partial charge in [0.2, 0.25) is 0 Å². The average Bonchev–Trinajstić information content (AvgIpc) is 2.37. The van der Waals surface area contributed by atoms with Crippen molar-refractivity contribution in [1.82, 2.24) is 15.5 Å². The van der Waals surface area contributed by atoms with E-state index in [1.807, 2.05) is 13.8 Å². The maximum atomic E-state index is 11.9. The molecule has 0 fully saturated rings. The number of rotatable bonds is 6. The maximum Gasteiger partial charge on any atom is 0.305 e. The van der Waals surface area contributed by atoms with Crippen LogP contribution in [0.5, 0.6) is 0 Å². The lowest BCUT2D eigenvalue weighted by molar-refractivity contribution is -0.136. The number of carbonyl (C=O) groups excluding carboxylic acids is 1. The Morgan fingerprint density at radius 2 is 2.00 bits per heavy atom. The Hall–Kier alpha value is -2.18. The van der Waals surface area contributed by atoms with Crippen LogP contribution in [-0.4, -0.2) is 33.7 Å². The van der Waals surface area contributed by atoms with E-state index in [0.717, 1.165) is 0 Å². The summed E-state index contributed by atoms with van der Waals surface area (Å²) in [5.41, 5.74) is 0.756. The van der Waals surface area contributed by atoms with Gasteiger partial charge in [-0.15, -0.1) is 0 Å². The number of carbonyl (C=O) groups is 2. The molecule has 1 aromatic heterocycles. The standard InChI is InChI=1S/C12H17N3O4/c1-3-7-8(4-2)14-15-12(19)10(7)11(18)13-6-5-9(16)17/h3-6H2,1-2H3,(H,13,18)(H,15,19)(H,16,17). The first kappa shape index (κ1) is 14.9. The van der Waals surface area contributed by atoms with Crippen molar-refractivity contribution < 1.29 is 14.7 Å². The van der Waals surface area contributed by atoms with Crippen molar-refractivity contribution in [3.8, 4) is 0 Å². The molecule has 0 atom stereocenters. The molecule has 7 heteroatoms. The number of aryl methyl sites for hydroxylation is 1. The van der Waals surface area contributed by atoms with E-state index in [0.29, 0.717) is 24.1 Å². The van der Waals surface area contributed by atoms with Gasteiger partial charge < -0.3 is 10.4 Å². The highest BCUT2D eigenvalue weighted by Crippen LogP contribution is 2.09. The van der Waals surface area contributed by atoms with Crippen LogP contribution in [0.25, 0.3) is 0 Å². The van der Waals surface area contributed by atoms with E-state index in [2.05, 4.69) is 15.5 Å². The Bertz CT molecular complexity index is 536. The van der Waals surface area contributed by atoms with Crippen LogP contribution in [-0.2, 0) is 17.6 Å². The van der Waals surface area contributed by atoms with Gasteiger partial charge in [0.1, 0.15) is 5.56 Å². The monoisotopic (exact) mass is 267 g/mol. The summed E-state index contributed by atoms with van der Waals surface area (Å²) in [6, 6.07) is 0. The summed E-state index contributed by atoms with van der Waals surface area (Å²) in [5.74, 6) is -1.56. The summed E-state index contributed by atoms with van der Waals surface area (Å²) >= 11 is 0. The number of aliphatic carboxylic acids is 1. The zero-order valence-corrected chi connectivity index (χ0v) is 10.9. The first-order valence-electron chi connectivity index (χ1n) is 6.11. The summed E-state index contributed by atoms with van der Waals surface area (Å²) in [6.45, 7) is 3.70. The Morgan fingerprint density at radius 3 is 2.53 bits per heavy atom. The van der Waals surface area contributed by atoms with E-state index in [1.165, 1.54) is 0 Å². The summed E-state index contributed by atoms with van der Waals surface area (Å²) in [5, 5.41) is 17.1. The highest BCUT2D eigenvalue weighted by molar-refractivity contribution is 5.95. The largest absolute Gasteiger partial charge is 0.481 e. The predicted octanol–water partition coefficient (Wildman–Crippen LogP) is 0.0992. The van der Waals surface area contributed by atoms with Gasteiger partial charge in [0, 0.05) is 6.54 Å². The molecule has 3 N–H and O–H groups in total. The van der Waals surface area contributed by atoms with Gasteiger partial charge in [-0.1, -0.05) is 13.8 Å². The molecule has 0 saturated heterocycles. The number of aromatic nitrogens is 2. The molecule has 1 aromatic rings. The first-order chi connectivity index (χ1) is 9.01. The van der Waals surface area contributed by atoms with Crippen molar-refractivity contribution in [3.05, 3.63) is 27.2 Å². The number of amides is 1. The fraction of sp³-hybridized carbons (Fsp3) is 0.500. The number of nitrogens with zero attached hydrogens (tertiary/aromatic N) is 1. The van der Waals surface area contributed by atoms with Crippen molar-refractivity contribution in [2.75, 3.05) is 6.54 Å². The van der Waals surface area contributed by atoms with Gasteiger partial charge in [-0.3, -0.25) is 14.4 Å². The van der Waals surface area contributed by atoms with E-state index < -0.39 is 17.4 Å². The van der Waals surface area contributed by atoms with E-state index >= 15 is 0 Å². The van der Waals surface area contributed by atoms with Crippen LogP contribution in [0.2, 0.25) is 0 Å². The topological polar surface area (TPSA) is 112 Å². The molecular weight excluding hydrogens is 250 g/mol. The molecule has 1 amide bonds. The second-order valence-electron chi connectivity index (χ2n) is 3.96. The van der Waals surface area contributed by atoms with Crippen LogP contribution in [0.15, 0.2) is 4.79 Å². The van der Waals surface area contributed by atoms with Crippen LogP contribution in [0.1, 0.15) is 41.9 Å². The zero-order valence-electron chi connectivity index (χ0n) is 10.9. The lowest BCUT2D eigenvalue weighted by Gasteiger charge is -2.10. The number of carboxylic acid groups (broad SMARTS) is 1. The van der Waals surface area contributed by atoms with Crippen LogP contribution in [0.4, 0.5) is 0 Å². The lowest BCUT2D eigenvalue weighted by Crippen LogP contribution is -2.33. The second-order valence-corrected chi connectivity index (χ2v) is 3.96. The summed E-state index contributed by atoms with van der Waals surface area (Å²) in [4.78, 5) is 34.0. The number of nitrogens with one attached hydrogen (secondary N) is 2. The number of aromatic amines is 1. The molecule has 0 spiro atoms. The maximum absolute atomic E-state index is 11.9. The average molecular weight is 267 g/mol. The van der Waals surface area contributed by atoms with Crippen LogP contribution in [0.3, 0.4) is 0 Å². The Labute approximate surface area is 110 Å². The molecule has 104 valence electrons. The normalized spacial score (nSPS) is 10.2. The first-order valence-corrected chi connectivity index (χ1v) is 6.11. The smallest absolute Gasteiger partial charge is 0.305 e. The number of carboxylic acids is 1. The summed E-state index contributed by atoms with van der Waals surface area (Å²) in [7, 11) is 0. The third-order valence-electron chi connectivity index (χ3n) is 2.71. The van der Waals surface area contributed by atoms with Gasteiger partial charge in [0.25, 0.3) is 11.5 Å². The van der Waals surface area contributed by atoms with Gasteiger partial charge in [-0.05, 0) is 18.4 Å². The van der Waals surface area contributed by atoms with Gasteiger partial charge in [-0.2, -0.15) is 5.10 Å². The number of H-pyrrole nitrogens is 1. The lowest BCUT2D eigenvalue weighted by atomic mass is 10.0. The Morgan fingerprint density at radius 1 is 1.32 bits per heavy atom. The van der Waals surface area contributed by atoms with E-state index in [4.69, 9.17) is 5.11 Å². The third kappa shape index (κ3) is 3.64. The summed E-state index contributed by atoms with van der Waals surface area (Å²) in [6.07, 6.45) is 0.938. The highest BCUT2D eigenvalue weighted by atomic mass is 16.4. The molecule has 1 rings (SSSR count). The molecule has 1 heterocycles. The minimum absolute atomic E-state index is 0.0134. The number of hydrogen-bond acceptors (Lipinski definition) is 4. The molecule has 0 radical (unpaired) electrons. The van der Waals surface area contributed by atoms with E-state index in [1.54, 1.807) is 0 Å². The molecule has 0 aliphatic heterocycles. The Balaban J connectivity index is 3.01. The minimum atomic E-state index is -1.01. The van der Waals surface area contributed by atoms with Crippen LogP contribution < -0.4 is 10.9 Å². The Kier molecular flexibility index (Phi) is 5.23. The number of hydrogen-bond donors (Lipinski definition) is 3. The van der Waals surface area contributed by atoms with Crippen molar-refractivity contribution >= 4 is 11.9 Å². The SMILES string of the molecule is CCc1n[nH]c(=O)c(C(=O)NCCC(=O)O)c1CC. The quantitative estimate of drug-likeness (QED) is 0.676. The minimum Gasteiger partial charge on any atom is -0.481 e. The van der Waals surface area contributed by atoms with Crippen molar-refractivity contribution in [2.24, 2.45) is 0 Å². The molecule has 0 aliphatic carbocycles. The molecular formula is C12H17N3O4. The van der Waals surface area contributed by atoms with Crippen LogP contribution >= 0.6 is 0 Å². The second kappa shape index (κ2) is 6.67. The fourth-order valence-electron chi connectivity index (χ4n) is 1.81. The van der Waals surface area contributed by atoms with Gasteiger partial charge in [0.05, 0.1) is 12.1 Å². The molecule has 19 heavy (non-hydrogen) atoms. The van der Waals surface area contributed by atoms with Gasteiger partial charge in [-0.25, -0.2) is 5.10 Å². The van der Waals surface area contributed by atoms with Crippen molar-refractivity contribution in [1.29, 1.82) is 0 Å². The molecule has 0 saturated carbocycles. The fourth-order valence-corrected chi connectivity index (χ4v) is 1.81. The predicted molar refractivity (Wildman–Crippen MR) is 68.2 cm³/mol. The third-order valence-corrected chi connectivity index (χ3v) is 2.71. The zero-order chi connectivity index (χ0) is 14.4. The van der Waals surface area contributed by atoms with E-state index in [9.17, 15) is 14.4 Å².